The van der Waals surface area contributed by atoms with E-state index in [2.05, 4.69) is 10.4 Å². The number of nitrogens with one attached hydrogen (secondary N) is 1. The number of carbonyl (C=O) groups is 1. The predicted molar refractivity (Wildman–Crippen MR) is 99.5 cm³/mol. The minimum atomic E-state index is -3.29. The van der Waals surface area contributed by atoms with Crippen LogP contribution in [0.4, 0.5) is 0 Å². The van der Waals surface area contributed by atoms with Gasteiger partial charge in [0.25, 0.3) is 0 Å². The maximum Gasteiger partial charge on any atom is 0.224 e. The number of fused-ring (bicyclic) bond motifs is 1. The van der Waals surface area contributed by atoms with E-state index in [1.807, 2.05) is 30.5 Å². The minimum absolute atomic E-state index is 0.137. The summed E-state index contributed by atoms with van der Waals surface area (Å²) in [5, 5.41) is 6.75. The van der Waals surface area contributed by atoms with Crippen molar-refractivity contribution >= 4 is 21.3 Å². The average Bonchev–Trinajstić information content (AvgIpc) is 3.03. The SMILES string of the molecule is CC(C)S(=O)(=O)c1ccc(CC(=O)NCc2cc3ccccn3n2)cc1. The molecule has 0 bridgehead atoms. The van der Waals surface area contributed by atoms with Crippen LogP contribution >= 0.6 is 0 Å². The molecule has 0 saturated carbocycles. The fourth-order valence-electron chi connectivity index (χ4n) is 2.58. The van der Waals surface area contributed by atoms with Gasteiger partial charge in [0.2, 0.25) is 5.91 Å². The molecule has 26 heavy (non-hydrogen) atoms. The summed E-state index contributed by atoms with van der Waals surface area (Å²) < 4.78 is 26.0. The van der Waals surface area contributed by atoms with Crippen LogP contribution in [-0.2, 0) is 27.6 Å². The monoisotopic (exact) mass is 371 g/mol. The zero-order valence-corrected chi connectivity index (χ0v) is 15.5. The largest absolute Gasteiger partial charge is 0.350 e. The minimum Gasteiger partial charge on any atom is -0.350 e. The third-order valence-corrected chi connectivity index (χ3v) is 6.29. The quantitative estimate of drug-likeness (QED) is 0.721. The Balaban J connectivity index is 1.59. The molecule has 7 heteroatoms. The zero-order valence-electron chi connectivity index (χ0n) is 14.7. The number of aromatic nitrogens is 2. The van der Waals surface area contributed by atoms with E-state index in [1.54, 1.807) is 42.6 Å². The third-order valence-electron chi connectivity index (χ3n) is 4.12. The summed E-state index contributed by atoms with van der Waals surface area (Å²) in [6.45, 7) is 3.65. The Morgan fingerprint density at radius 3 is 2.54 bits per heavy atom. The summed E-state index contributed by atoms with van der Waals surface area (Å²) in [5.41, 5.74) is 2.52. The highest BCUT2D eigenvalue weighted by molar-refractivity contribution is 7.92. The van der Waals surface area contributed by atoms with Gasteiger partial charge in [-0.2, -0.15) is 5.10 Å². The standard InChI is InChI=1S/C19H21N3O3S/c1-14(2)26(24,25)18-8-6-15(7-9-18)11-19(23)20-13-16-12-17-5-3-4-10-22(17)21-16/h3-10,12,14H,11,13H2,1-2H3,(H,20,23). The smallest absolute Gasteiger partial charge is 0.224 e. The molecule has 3 rings (SSSR count). The molecule has 0 aliphatic carbocycles. The molecular formula is C19H21N3O3S. The number of benzene rings is 1. The molecule has 3 aromatic rings. The summed E-state index contributed by atoms with van der Waals surface area (Å²) in [4.78, 5) is 12.4. The van der Waals surface area contributed by atoms with Crippen LogP contribution < -0.4 is 5.32 Å². The van der Waals surface area contributed by atoms with Crippen molar-refractivity contribution < 1.29 is 13.2 Å². The Kier molecular flexibility index (Phi) is 5.08. The Morgan fingerprint density at radius 2 is 1.88 bits per heavy atom. The molecule has 136 valence electrons. The Hall–Kier alpha value is -2.67. The number of nitrogens with zero attached hydrogens (tertiary/aromatic N) is 2. The first-order chi connectivity index (χ1) is 12.4. The molecule has 0 aliphatic rings. The van der Waals surface area contributed by atoms with Gasteiger partial charge in [-0.25, -0.2) is 12.9 Å². The fourth-order valence-corrected chi connectivity index (χ4v) is 3.64. The van der Waals surface area contributed by atoms with Gasteiger partial charge >= 0.3 is 0 Å². The van der Waals surface area contributed by atoms with E-state index in [9.17, 15) is 13.2 Å². The molecule has 0 spiro atoms. The van der Waals surface area contributed by atoms with Crippen LogP contribution in [0.25, 0.3) is 5.52 Å². The van der Waals surface area contributed by atoms with Crippen molar-refractivity contribution in [3.8, 4) is 0 Å². The van der Waals surface area contributed by atoms with Crippen LogP contribution in [-0.4, -0.2) is 29.2 Å². The Labute approximate surface area is 152 Å². The van der Waals surface area contributed by atoms with Gasteiger partial charge in [0.05, 0.1) is 34.3 Å². The molecule has 0 fully saturated rings. The molecule has 1 amide bonds. The maximum atomic E-state index is 12.1. The summed E-state index contributed by atoms with van der Waals surface area (Å²) in [6, 6.07) is 14.2. The van der Waals surface area contributed by atoms with Gasteiger partial charge in [0.1, 0.15) is 0 Å². The molecule has 1 N–H and O–H groups in total. The van der Waals surface area contributed by atoms with Crippen LogP contribution in [0.1, 0.15) is 25.1 Å². The van der Waals surface area contributed by atoms with Gasteiger partial charge < -0.3 is 5.32 Å². The first kappa shape index (κ1) is 18.1. The highest BCUT2D eigenvalue weighted by atomic mass is 32.2. The third kappa shape index (κ3) is 3.94. The summed E-state index contributed by atoms with van der Waals surface area (Å²) in [6.07, 6.45) is 2.04. The molecule has 0 saturated heterocycles. The van der Waals surface area contributed by atoms with Crippen molar-refractivity contribution in [2.75, 3.05) is 0 Å². The molecule has 2 aromatic heterocycles. The van der Waals surface area contributed by atoms with Crippen molar-refractivity contribution in [1.29, 1.82) is 0 Å². The molecule has 1 aromatic carbocycles. The summed E-state index contributed by atoms with van der Waals surface area (Å²) >= 11 is 0. The van der Waals surface area contributed by atoms with E-state index in [4.69, 9.17) is 0 Å². The highest BCUT2D eigenvalue weighted by Crippen LogP contribution is 2.16. The van der Waals surface area contributed by atoms with Gasteiger partial charge in [0.15, 0.2) is 9.84 Å². The van der Waals surface area contributed by atoms with Gasteiger partial charge in [-0.15, -0.1) is 0 Å². The van der Waals surface area contributed by atoms with Gasteiger partial charge in [-0.3, -0.25) is 4.79 Å². The lowest BCUT2D eigenvalue weighted by atomic mass is 10.1. The zero-order chi connectivity index (χ0) is 18.7. The first-order valence-corrected chi connectivity index (χ1v) is 9.94. The lowest BCUT2D eigenvalue weighted by Crippen LogP contribution is -2.24. The number of rotatable bonds is 6. The highest BCUT2D eigenvalue weighted by Gasteiger charge is 2.18. The maximum absolute atomic E-state index is 12.1. The number of hydrogen-bond acceptors (Lipinski definition) is 4. The lowest BCUT2D eigenvalue weighted by Gasteiger charge is -2.08. The van der Waals surface area contributed by atoms with Crippen LogP contribution in [0.3, 0.4) is 0 Å². The number of carbonyl (C=O) groups excluding carboxylic acids is 1. The van der Waals surface area contributed by atoms with Crippen molar-refractivity contribution in [3.05, 3.63) is 66.0 Å². The second-order valence-corrected chi connectivity index (χ2v) is 8.90. The van der Waals surface area contributed by atoms with E-state index in [1.165, 1.54) is 0 Å². The first-order valence-electron chi connectivity index (χ1n) is 8.39. The van der Waals surface area contributed by atoms with Crippen molar-refractivity contribution in [2.45, 2.75) is 37.0 Å². The predicted octanol–water partition coefficient (Wildman–Crippen LogP) is 2.38. The summed E-state index contributed by atoms with van der Waals surface area (Å²) in [7, 11) is -3.29. The van der Waals surface area contributed by atoms with Crippen LogP contribution in [0.2, 0.25) is 0 Å². The molecule has 0 radical (unpaired) electrons. The van der Waals surface area contributed by atoms with Crippen LogP contribution in [0, 0.1) is 0 Å². The van der Waals surface area contributed by atoms with Crippen molar-refractivity contribution in [2.24, 2.45) is 0 Å². The molecule has 0 unspecified atom stereocenters. The van der Waals surface area contributed by atoms with E-state index < -0.39 is 15.1 Å². The topological polar surface area (TPSA) is 80.5 Å². The number of pyridine rings is 1. The van der Waals surface area contributed by atoms with Crippen molar-refractivity contribution in [3.63, 3.8) is 0 Å². The van der Waals surface area contributed by atoms with Crippen molar-refractivity contribution in [1.82, 2.24) is 14.9 Å². The second-order valence-electron chi connectivity index (χ2n) is 6.40. The molecule has 0 atom stereocenters. The molecule has 2 heterocycles. The molecule has 0 aliphatic heterocycles. The lowest BCUT2D eigenvalue weighted by molar-refractivity contribution is -0.120. The second kappa shape index (κ2) is 7.29. The number of sulfone groups is 1. The molecular weight excluding hydrogens is 350 g/mol. The molecule has 6 nitrogen and oxygen atoms in total. The average molecular weight is 371 g/mol. The normalized spacial score (nSPS) is 11.8. The van der Waals surface area contributed by atoms with E-state index in [-0.39, 0.29) is 17.2 Å². The van der Waals surface area contributed by atoms with Crippen LogP contribution in [0.15, 0.2) is 59.6 Å². The number of amides is 1. The Bertz CT molecular complexity index is 989. The number of hydrogen-bond donors (Lipinski definition) is 1. The van der Waals surface area contributed by atoms with E-state index >= 15 is 0 Å². The van der Waals surface area contributed by atoms with Crippen LogP contribution in [0.5, 0.6) is 0 Å². The fraction of sp³-hybridized carbons (Fsp3) is 0.263. The van der Waals surface area contributed by atoms with Gasteiger partial charge in [0, 0.05) is 6.20 Å². The van der Waals surface area contributed by atoms with Gasteiger partial charge in [-0.1, -0.05) is 18.2 Å². The summed E-state index contributed by atoms with van der Waals surface area (Å²) in [5.74, 6) is -0.137. The van der Waals surface area contributed by atoms with E-state index in [0.29, 0.717) is 6.54 Å². The Morgan fingerprint density at radius 1 is 1.15 bits per heavy atom. The van der Waals surface area contributed by atoms with Gasteiger partial charge in [-0.05, 0) is 49.7 Å². The van der Waals surface area contributed by atoms with E-state index in [0.717, 1.165) is 16.8 Å².